The molecule has 6 nitrogen and oxygen atoms in total. The summed E-state index contributed by atoms with van der Waals surface area (Å²) >= 11 is 0. The van der Waals surface area contributed by atoms with Crippen LogP contribution in [0.1, 0.15) is 39.0 Å². The molecule has 1 fully saturated rings. The Morgan fingerprint density at radius 1 is 1.35 bits per heavy atom. The summed E-state index contributed by atoms with van der Waals surface area (Å²) < 4.78 is 0. The molecule has 0 aliphatic heterocycles. The molecule has 1 aromatic rings. The molecule has 0 bridgehead atoms. The van der Waals surface area contributed by atoms with E-state index in [0.29, 0.717) is 0 Å². The minimum atomic E-state index is -0.590. The van der Waals surface area contributed by atoms with Gasteiger partial charge in [-0.25, -0.2) is 0 Å². The number of rotatable bonds is 3. The lowest BCUT2D eigenvalue weighted by Crippen LogP contribution is -2.35. The molecule has 1 aromatic carbocycles. The summed E-state index contributed by atoms with van der Waals surface area (Å²) in [5, 5.41) is 23.0. The van der Waals surface area contributed by atoms with Crippen molar-refractivity contribution in [3.05, 3.63) is 28.3 Å². The van der Waals surface area contributed by atoms with Gasteiger partial charge in [-0.15, -0.1) is 0 Å². The zero-order valence-corrected chi connectivity index (χ0v) is 11.4. The summed E-state index contributed by atoms with van der Waals surface area (Å²) in [6.45, 7) is 1.92. The van der Waals surface area contributed by atoms with Gasteiger partial charge < -0.3 is 10.4 Å². The van der Waals surface area contributed by atoms with Gasteiger partial charge in [-0.2, -0.15) is 0 Å². The Balaban J connectivity index is 2.13. The largest absolute Gasteiger partial charge is 0.506 e. The Bertz CT molecular complexity index is 536. The third-order valence-electron chi connectivity index (χ3n) is 3.95. The monoisotopic (exact) mass is 278 g/mol. The number of carbonyl (C=O) groups excluding carboxylic acids is 1. The fourth-order valence-corrected chi connectivity index (χ4v) is 2.57. The van der Waals surface area contributed by atoms with Crippen molar-refractivity contribution in [2.24, 2.45) is 5.41 Å². The van der Waals surface area contributed by atoms with E-state index < -0.39 is 10.3 Å². The second-order valence-electron chi connectivity index (χ2n) is 5.53. The summed E-state index contributed by atoms with van der Waals surface area (Å²) in [5.74, 6) is -0.423. The van der Waals surface area contributed by atoms with Crippen molar-refractivity contribution < 1.29 is 14.8 Å². The van der Waals surface area contributed by atoms with Crippen LogP contribution < -0.4 is 5.32 Å². The van der Waals surface area contributed by atoms with E-state index in [-0.39, 0.29) is 23.0 Å². The number of anilines is 1. The van der Waals surface area contributed by atoms with Crippen LogP contribution in [0.25, 0.3) is 0 Å². The van der Waals surface area contributed by atoms with Gasteiger partial charge in [0.1, 0.15) is 5.75 Å². The standard InChI is InChI=1S/C14H18N2O4/c1-14(7-3-2-4-8-14)13(18)15-11-6-5-10(16(19)20)9-12(11)17/h5-6,9,17H,2-4,7-8H2,1H3,(H,15,18). The van der Waals surface area contributed by atoms with Crippen LogP contribution in [0.5, 0.6) is 5.75 Å². The van der Waals surface area contributed by atoms with Crippen molar-refractivity contribution in [2.45, 2.75) is 39.0 Å². The fraction of sp³-hybridized carbons (Fsp3) is 0.500. The Kier molecular flexibility index (Phi) is 3.92. The van der Waals surface area contributed by atoms with Crippen LogP contribution >= 0.6 is 0 Å². The number of amides is 1. The summed E-state index contributed by atoms with van der Waals surface area (Å²) in [4.78, 5) is 22.3. The lowest BCUT2D eigenvalue weighted by atomic mass is 9.75. The smallest absolute Gasteiger partial charge is 0.273 e. The fourth-order valence-electron chi connectivity index (χ4n) is 2.57. The van der Waals surface area contributed by atoms with Gasteiger partial charge in [0, 0.05) is 11.5 Å². The van der Waals surface area contributed by atoms with Gasteiger partial charge in [0.15, 0.2) is 0 Å². The highest BCUT2D eigenvalue weighted by molar-refractivity contribution is 5.96. The van der Waals surface area contributed by atoms with Crippen LogP contribution in [0.4, 0.5) is 11.4 Å². The molecule has 1 aliphatic carbocycles. The number of non-ortho nitro benzene ring substituents is 1. The number of carbonyl (C=O) groups is 1. The van der Waals surface area contributed by atoms with Gasteiger partial charge in [0.05, 0.1) is 16.7 Å². The number of hydrogen-bond donors (Lipinski definition) is 2. The van der Waals surface area contributed by atoms with E-state index in [2.05, 4.69) is 5.32 Å². The van der Waals surface area contributed by atoms with Gasteiger partial charge >= 0.3 is 0 Å². The first-order valence-corrected chi connectivity index (χ1v) is 6.71. The average Bonchev–Trinajstić information content (AvgIpc) is 2.41. The van der Waals surface area contributed by atoms with Crippen molar-refractivity contribution >= 4 is 17.3 Å². The molecule has 108 valence electrons. The highest BCUT2D eigenvalue weighted by atomic mass is 16.6. The SMILES string of the molecule is CC1(C(=O)Nc2ccc([N+](=O)[O-])cc2O)CCCCC1. The van der Waals surface area contributed by atoms with Crippen LogP contribution in [0.15, 0.2) is 18.2 Å². The molecule has 20 heavy (non-hydrogen) atoms. The van der Waals surface area contributed by atoms with Crippen molar-refractivity contribution in [2.75, 3.05) is 5.32 Å². The molecular weight excluding hydrogens is 260 g/mol. The van der Waals surface area contributed by atoms with Crippen LogP contribution in [-0.4, -0.2) is 15.9 Å². The second-order valence-corrected chi connectivity index (χ2v) is 5.53. The van der Waals surface area contributed by atoms with E-state index in [9.17, 15) is 20.0 Å². The number of nitrogens with zero attached hydrogens (tertiary/aromatic N) is 1. The van der Waals surface area contributed by atoms with Gasteiger partial charge in [-0.05, 0) is 18.9 Å². The van der Waals surface area contributed by atoms with Gasteiger partial charge in [-0.1, -0.05) is 26.2 Å². The molecule has 1 saturated carbocycles. The lowest BCUT2D eigenvalue weighted by Gasteiger charge is -2.32. The van der Waals surface area contributed by atoms with Gasteiger partial charge in [0.25, 0.3) is 5.69 Å². The maximum Gasteiger partial charge on any atom is 0.273 e. The Labute approximate surface area is 117 Å². The molecule has 0 heterocycles. The van der Waals surface area contributed by atoms with E-state index in [1.807, 2.05) is 6.92 Å². The lowest BCUT2D eigenvalue weighted by molar-refractivity contribution is -0.384. The minimum absolute atomic E-state index is 0.138. The quantitative estimate of drug-likeness (QED) is 0.504. The third kappa shape index (κ3) is 2.89. The summed E-state index contributed by atoms with van der Waals surface area (Å²) in [6, 6.07) is 3.66. The Hall–Kier alpha value is -2.11. The van der Waals surface area contributed by atoms with Crippen LogP contribution in [0.2, 0.25) is 0 Å². The first-order valence-electron chi connectivity index (χ1n) is 6.71. The van der Waals surface area contributed by atoms with Crippen molar-refractivity contribution in [3.63, 3.8) is 0 Å². The van der Waals surface area contributed by atoms with E-state index >= 15 is 0 Å². The van der Waals surface area contributed by atoms with Gasteiger partial charge in [0.2, 0.25) is 5.91 Å². The number of benzene rings is 1. The summed E-state index contributed by atoms with van der Waals surface area (Å²) in [7, 11) is 0. The topological polar surface area (TPSA) is 92.5 Å². The summed E-state index contributed by atoms with van der Waals surface area (Å²) in [5.41, 5.74) is -0.413. The van der Waals surface area contributed by atoms with E-state index in [1.165, 1.54) is 12.1 Å². The molecule has 0 spiro atoms. The number of nitro benzene ring substituents is 1. The normalized spacial score (nSPS) is 17.4. The maximum atomic E-state index is 12.3. The molecule has 1 aliphatic rings. The molecule has 6 heteroatoms. The van der Waals surface area contributed by atoms with Crippen LogP contribution in [0.3, 0.4) is 0 Å². The van der Waals surface area contributed by atoms with Crippen molar-refractivity contribution in [3.8, 4) is 5.75 Å². The molecule has 2 rings (SSSR count). The third-order valence-corrected chi connectivity index (χ3v) is 3.95. The Morgan fingerprint density at radius 3 is 2.55 bits per heavy atom. The van der Waals surface area contributed by atoms with E-state index in [0.717, 1.165) is 38.2 Å². The molecule has 0 saturated heterocycles. The molecule has 0 radical (unpaired) electrons. The molecular formula is C14H18N2O4. The number of hydrogen-bond acceptors (Lipinski definition) is 4. The van der Waals surface area contributed by atoms with Crippen molar-refractivity contribution in [1.82, 2.24) is 0 Å². The number of nitro groups is 1. The number of phenolic OH excluding ortho intramolecular Hbond substituents is 1. The molecule has 1 amide bonds. The highest BCUT2D eigenvalue weighted by Gasteiger charge is 2.34. The molecule has 2 N–H and O–H groups in total. The maximum absolute atomic E-state index is 12.3. The summed E-state index contributed by atoms with van der Waals surface area (Å²) in [6.07, 6.45) is 4.84. The predicted molar refractivity (Wildman–Crippen MR) is 74.6 cm³/mol. The van der Waals surface area contributed by atoms with Gasteiger partial charge in [-0.3, -0.25) is 14.9 Å². The number of nitrogens with one attached hydrogen (secondary N) is 1. The molecule has 0 atom stereocenters. The van der Waals surface area contributed by atoms with E-state index in [4.69, 9.17) is 0 Å². The zero-order chi connectivity index (χ0) is 14.8. The average molecular weight is 278 g/mol. The first-order chi connectivity index (χ1) is 9.42. The molecule has 0 unspecified atom stereocenters. The van der Waals surface area contributed by atoms with Crippen LogP contribution in [-0.2, 0) is 4.79 Å². The van der Waals surface area contributed by atoms with Crippen molar-refractivity contribution in [1.29, 1.82) is 0 Å². The number of phenols is 1. The second kappa shape index (κ2) is 5.48. The highest BCUT2D eigenvalue weighted by Crippen LogP contribution is 2.38. The Morgan fingerprint density at radius 2 is 2.00 bits per heavy atom. The van der Waals surface area contributed by atoms with Crippen LogP contribution in [0, 0.1) is 15.5 Å². The first kappa shape index (κ1) is 14.3. The minimum Gasteiger partial charge on any atom is -0.506 e. The molecule has 0 aromatic heterocycles. The number of aromatic hydroxyl groups is 1. The zero-order valence-electron chi connectivity index (χ0n) is 11.4. The van der Waals surface area contributed by atoms with E-state index in [1.54, 1.807) is 0 Å². The predicted octanol–water partition coefficient (Wildman–Crippen LogP) is 3.21.